The van der Waals surface area contributed by atoms with Crippen molar-refractivity contribution in [3.8, 4) is 5.75 Å². The van der Waals surface area contributed by atoms with Gasteiger partial charge in [-0.25, -0.2) is 0 Å². The first-order valence-corrected chi connectivity index (χ1v) is 7.39. The SMILES string of the molecule is CNC(C)c1ccc(OC)c(CN2CCN(C)CC2)c1. The van der Waals surface area contributed by atoms with Crippen LogP contribution in [0.5, 0.6) is 5.75 Å². The van der Waals surface area contributed by atoms with Gasteiger partial charge in [0.2, 0.25) is 0 Å². The van der Waals surface area contributed by atoms with Gasteiger partial charge in [0.1, 0.15) is 5.75 Å². The third-order valence-corrected chi connectivity index (χ3v) is 4.23. The molecular formula is C16H27N3O. The molecule has 1 atom stereocenters. The largest absolute Gasteiger partial charge is 0.496 e. The molecule has 1 fully saturated rings. The zero-order chi connectivity index (χ0) is 14.5. The molecule has 4 heteroatoms. The number of nitrogens with one attached hydrogen (secondary N) is 1. The molecule has 1 aromatic rings. The first-order chi connectivity index (χ1) is 9.63. The summed E-state index contributed by atoms with van der Waals surface area (Å²) in [4.78, 5) is 4.89. The average molecular weight is 277 g/mol. The molecule has 0 amide bonds. The van der Waals surface area contributed by atoms with Crippen LogP contribution in [-0.4, -0.2) is 57.2 Å². The van der Waals surface area contributed by atoms with Gasteiger partial charge < -0.3 is 15.0 Å². The fraction of sp³-hybridized carbons (Fsp3) is 0.625. The minimum Gasteiger partial charge on any atom is -0.496 e. The van der Waals surface area contributed by atoms with Crippen molar-refractivity contribution in [2.45, 2.75) is 19.5 Å². The van der Waals surface area contributed by atoms with Gasteiger partial charge in [-0.05, 0) is 38.7 Å². The van der Waals surface area contributed by atoms with Crippen molar-refractivity contribution in [1.82, 2.24) is 15.1 Å². The monoisotopic (exact) mass is 277 g/mol. The van der Waals surface area contributed by atoms with Crippen LogP contribution >= 0.6 is 0 Å². The molecule has 1 N–H and O–H groups in total. The number of methoxy groups -OCH3 is 1. The van der Waals surface area contributed by atoms with Crippen LogP contribution in [0, 0.1) is 0 Å². The summed E-state index contributed by atoms with van der Waals surface area (Å²) in [5.41, 5.74) is 2.61. The Hall–Kier alpha value is -1.10. The first kappa shape index (κ1) is 15.3. The second kappa shape index (κ2) is 7.07. The highest BCUT2D eigenvalue weighted by Crippen LogP contribution is 2.25. The molecule has 0 radical (unpaired) electrons. The van der Waals surface area contributed by atoms with E-state index in [4.69, 9.17) is 4.74 Å². The van der Waals surface area contributed by atoms with Crippen LogP contribution in [0.25, 0.3) is 0 Å². The Kier molecular flexibility index (Phi) is 5.40. The number of ether oxygens (including phenoxy) is 1. The molecule has 0 aromatic heterocycles. The van der Waals surface area contributed by atoms with E-state index in [1.165, 1.54) is 11.1 Å². The van der Waals surface area contributed by atoms with E-state index in [2.05, 4.69) is 47.3 Å². The highest BCUT2D eigenvalue weighted by atomic mass is 16.5. The van der Waals surface area contributed by atoms with Crippen LogP contribution in [0.1, 0.15) is 24.1 Å². The number of rotatable bonds is 5. The van der Waals surface area contributed by atoms with Gasteiger partial charge in [0.05, 0.1) is 7.11 Å². The number of piperazine rings is 1. The third-order valence-electron chi connectivity index (χ3n) is 4.23. The lowest BCUT2D eigenvalue weighted by molar-refractivity contribution is 0.147. The Morgan fingerprint density at radius 1 is 1.25 bits per heavy atom. The summed E-state index contributed by atoms with van der Waals surface area (Å²) in [6.07, 6.45) is 0. The smallest absolute Gasteiger partial charge is 0.123 e. The summed E-state index contributed by atoms with van der Waals surface area (Å²) < 4.78 is 5.52. The van der Waals surface area contributed by atoms with Crippen molar-refractivity contribution >= 4 is 0 Å². The van der Waals surface area contributed by atoms with Crippen LogP contribution in [0.2, 0.25) is 0 Å². The summed E-state index contributed by atoms with van der Waals surface area (Å²) in [6.45, 7) is 7.71. The Balaban J connectivity index is 2.11. The molecule has 1 unspecified atom stereocenters. The quantitative estimate of drug-likeness (QED) is 0.887. The Bertz CT molecular complexity index is 428. The minimum atomic E-state index is 0.368. The maximum atomic E-state index is 5.52. The van der Waals surface area contributed by atoms with Gasteiger partial charge in [-0.3, -0.25) is 4.90 Å². The van der Waals surface area contributed by atoms with E-state index in [0.717, 1.165) is 38.5 Å². The van der Waals surface area contributed by atoms with Crippen LogP contribution in [0.3, 0.4) is 0 Å². The lowest BCUT2D eigenvalue weighted by Gasteiger charge is -2.32. The maximum absolute atomic E-state index is 5.52. The van der Waals surface area contributed by atoms with E-state index < -0.39 is 0 Å². The molecule has 1 aliphatic rings. The highest BCUT2D eigenvalue weighted by molar-refractivity contribution is 5.38. The second-order valence-electron chi connectivity index (χ2n) is 5.66. The standard InChI is InChI=1S/C16H27N3O/c1-13(17-2)14-5-6-16(20-4)15(11-14)12-19-9-7-18(3)8-10-19/h5-6,11,13,17H,7-10,12H2,1-4H3. The lowest BCUT2D eigenvalue weighted by Crippen LogP contribution is -2.43. The molecule has 0 bridgehead atoms. The van der Waals surface area contributed by atoms with Gasteiger partial charge in [-0.15, -0.1) is 0 Å². The van der Waals surface area contributed by atoms with Crippen molar-refractivity contribution in [3.63, 3.8) is 0 Å². The number of hydrogen-bond acceptors (Lipinski definition) is 4. The number of hydrogen-bond donors (Lipinski definition) is 1. The molecule has 4 nitrogen and oxygen atoms in total. The number of likely N-dealkylation sites (N-methyl/N-ethyl adjacent to an activating group) is 1. The molecule has 112 valence electrons. The zero-order valence-electron chi connectivity index (χ0n) is 13.1. The average Bonchev–Trinajstić information content (AvgIpc) is 2.48. The molecule has 1 aromatic carbocycles. The lowest BCUT2D eigenvalue weighted by atomic mass is 10.0. The summed E-state index contributed by atoms with van der Waals surface area (Å²) in [5.74, 6) is 0.996. The first-order valence-electron chi connectivity index (χ1n) is 7.39. The molecule has 1 saturated heterocycles. The van der Waals surface area contributed by atoms with Crippen molar-refractivity contribution in [3.05, 3.63) is 29.3 Å². The third kappa shape index (κ3) is 3.72. The van der Waals surface area contributed by atoms with Crippen molar-refractivity contribution in [1.29, 1.82) is 0 Å². The number of nitrogens with zero attached hydrogens (tertiary/aromatic N) is 2. The van der Waals surface area contributed by atoms with E-state index in [-0.39, 0.29) is 0 Å². The normalized spacial score (nSPS) is 19.0. The van der Waals surface area contributed by atoms with Crippen LogP contribution in [0.4, 0.5) is 0 Å². The van der Waals surface area contributed by atoms with Crippen LogP contribution < -0.4 is 10.1 Å². The van der Waals surface area contributed by atoms with Gasteiger partial charge in [0, 0.05) is 44.3 Å². The number of benzene rings is 1. The summed E-state index contributed by atoms with van der Waals surface area (Å²) in [7, 11) is 5.94. The predicted molar refractivity (Wildman–Crippen MR) is 83.2 cm³/mol. The Labute approximate surface area is 122 Å². The van der Waals surface area contributed by atoms with Crippen molar-refractivity contribution < 1.29 is 4.74 Å². The van der Waals surface area contributed by atoms with E-state index in [0.29, 0.717) is 6.04 Å². The Morgan fingerprint density at radius 3 is 2.55 bits per heavy atom. The Morgan fingerprint density at radius 2 is 1.95 bits per heavy atom. The summed E-state index contributed by atoms with van der Waals surface area (Å²) in [6, 6.07) is 6.88. The molecular weight excluding hydrogens is 250 g/mol. The van der Waals surface area contributed by atoms with Crippen LogP contribution in [-0.2, 0) is 6.54 Å². The summed E-state index contributed by atoms with van der Waals surface area (Å²) >= 11 is 0. The molecule has 2 rings (SSSR count). The fourth-order valence-corrected chi connectivity index (χ4v) is 2.60. The van der Waals surface area contributed by atoms with Crippen LogP contribution in [0.15, 0.2) is 18.2 Å². The van der Waals surface area contributed by atoms with E-state index in [1.54, 1.807) is 7.11 Å². The van der Waals surface area contributed by atoms with Gasteiger partial charge in [0.25, 0.3) is 0 Å². The minimum absolute atomic E-state index is 0.368. The second-order valence-corrected chi connectivity index (χ2v) is 5.66. The fourth-order valence-electron chi connectivity index (χ4n) is 2.60. The van der Waals surface area contributed by atoms with Crippen molar-refractivity contribution in [2.24, 2.45) is 0 Å². The van der Waals surface area contributed by atoms with E-state index in [1.807, 2.05) is 7.05 Å². The molecule has 20 heavy (non-hydrogen) atoms. The predicted octanol–water partition coefficient (Wildman–Crippen LogP) is 1.72. The van der Waals surface area contributed by atoms with Gasteiger partial charge in [0.15, 0.2) is 0 Å². The maximum Gasteiger partial charge on any atom is 0.123 e. The van der Waals surface area contributed by atoms with E-state index >= 15 is 0 Å². The highest BCUT2D eigenvalue weighted by Gasteiger charge is 2.16. The van der Waals surface area contributed by atoms with Gasteiger partial charge >= 0.3 is 0 Å². The van der Waals surface area contributed by atoms with E-state index in [9.17, 15) is 0 Å². The molecule has 1 heterocycles. The van der Waals surface area contributed by atoms with Gasteiger partial charge in [-0.1, -0.05) is 6.07 Å². The zero-order valence-corrected chi connectivity index (χ0v) is 13.1. The molecule has 1 aliphatic heterocycles. The molecule has 0 aliphatic carbocycles. The topological polar surface area (TPSA) is 27.7 Å². The van der Waals surface area contributed by atoms with Gasteiger partial charge in [-0.2, -0.15) is 0 Å². The molecule has 0 saturated carbocycles. The van der Waals surface area contributed by atoms with Crippen molar-refractivity contribution in [2.75, 3.05) is 47.4 Å². The summed E-state index contributed by atoms with van der Waals surface area (Å²) in [5, 5.41) is 3.29. The molecule has 0 spiro atoms.